The van der Waals surface area contributed by atoms with Crippen molar-refractivity contribution in [3.05, 3.63) is 66.5 Å². The van der Waals surface area contributed by atoms with Gasteiger partial charge in [0.15, 0.2) is 0 Å². The molecule has 0 aliphatic heterocycles. The molecular formula is C22H13F3N4O2S2. The number of halogens is 3. The minimum Gasteiger partial charge on any atom is -0.497 e. The number of hydrogen-bond donors (Lipinski definition) is 0. The van der Waals surface area contributed by atoms with Crippen LogP contribution in [-0.2, 0) is 6.18 Å². The number of benzene rings is 2. The summed E-state index contributed by atoms with van der Waals surface area (Å²) in [6.45, 7) is 0. The molecule has 3 aromatic heterocycles. The van der Waals surface area contributed by atoms with E-state index in [-0.39, 0.29) is 11.1 Å². The smallest absolute Gasteiger partial charge is 0.416 e. The molecule has 166 valence electrons. The highest BCUT2D eigenvalue weighted by Gasteiger charge is 2.30. The van der Waals surface area contributed by atoms with E-state index in [1.54, 1.807) is 7.11 Å². The van der Waals surface area contributed by atoms with Gasteiger partial charge in [-0.1, -0.05) is 0 Å². The second-order valence-corrected chi connectivity index (χ2v) is 8.77. The third-order valence-corrected chi connectivity index (χ3v) is 6.85. The average molecular weight is 487 g/mol. The van der Waals surface area contributed by atoms with Crippen LogP contribution in [0.5, 0.6) is 5.75 Å². The van der Waals surface area contributed by atoms with Gasteiger partial charge in [0, 0.05) is 10.4 Å². The number of alkyl halides is 3. The van der Waals surface area contributed by atoms with Crippen LogP contribution in [0.15, 0.2) is 75.6 Å². The fourth-order valence-electron chi connectivity index (χ4n) is 3.06. The Hall–Kier alpha value is -3.44. The van der Waals surface area contributed by atoms with E-state index in [1.807, 2.05) is 30.3 Å². The molecule has 11 heteroatoms. The van der Waals surface area contributed by atoms with E-state index in [0.717, 1.165) is 38.5 Å². The van der Waals surface area contributed by atoms with Gasteiger partial charge in [0.1, 0.15) is 17.1 Å². The summed E-state index contributed by atoms with van der Waals surface area (Å²) in [5.41, 5.74) is 1.46. The Balaban J connectivity index is 1.40. The fraction of sp³-hybridized carbons (Fsp3) is 0.0909. The van der Waals surface area contributed by atoms with Gasteiger partial charge in [0.25, 0.3) is 5.22 Å². The molecule has 0 aliphatic rings. The van der Waals surface area contributed by atoms with Crippen LogP contribution in [0.25, 0.3) is 32.1 Å². The third kappa shape index (κ3) is 4.41. The first-order valence-electron chi connectivity index (χ1n) is 9.48. The van der Waals surface area contributed by atoms with Gasteiger partial charge in [0.05, 0.1) is 22.9 Å². The number of hydrogen-bond acceptors (Lipinski definition) is 8. The highest BCUT2D eigenvalue weighted by molar-refractivity contribution is 7.99. The molecule has 0 fully saturated rings. The molecule has 6 nitrogen and oxygen atoms in total. The van der Waals surface area contributed by atoms with Crippen LogP contribution in [-0.4, -0.2) is 27.3 Å². The molecule has 5 aromatic rings. The highest BCUT2D eigenvalue weighted by atomic mass is 32.2. The van der Waals surface area contributed by atoms with E-state index < -0.39 is 11.7 Å². The zero-order valence-electron chi connectivity index (χ0n) is 16.8. The van der Waals surface area contributed by atoms with Crippen LogP contribution in [0.4, 0.5) is 13.2 Å². The Kier molecular flexibility index (Phi) is 5.51. The number of rotatable bonds is 5. The molecule has 0 unspecified atom stereocenters. The van der Waals surface area contributed by atoms with Gasteiger partial charge in [-0.25, -0.2) is 9.97 Å². The molecule has 0 aliphatic carbocycles. The zero-order valence-corrected chi connectivity index (χ0v) is 18.5. The van der Waals surface area contributed by atoms with Crippen molar-refractivity contribution in [2.75, 3.05) is 7.11 Å². The molecule has 0 N–H and O–H groups in total. The molecule has 0 bridgehead atoms. The normalized spacial score (nSPS) is 11.8. The third-order valence-electron chi connectivity index (χ3n) is 4.70. The molecule has 2 aromatic carbocycles. The monoisotopic (exact) mass is 486 g/mol. The summed E-state index contributed by atoms with van der Waals surface area (Å²) in [6.07, 6.45) is -2.94. The van der Waals surface area contributed by atoms with E-state index in [4.69, 9.17) is 9.15 Å². The molecule has 5 rings (SSSR count). The summed E-state index contributed by atoms with van der Waals surface area (Å²) >= 11 is 2.71. The molecule has 0 radical (unpaired) electrons. The van der Waals surface area contributed by atoms with Gasteiger partial charge < -0.3 is 9.15 Å². The summed E-state index contributed by atoms with van der Waals surface area (Å²) < 4.78 is 50.0. The van der Waals surface area contributed by atoms with Crippen molar-refractivity contribution in [2.24, 2.45) is 0 Å². The van der Waals surface area contributed by atoms with Crippen LogP contribution in [0.2, 0.25) is 0 Å². The van der Waals surface area contributed by atoms with Crippen LogP contribution >= 0.6 is 23.1 Å². The number of nitrogens with zero attached hydrogens (tertiary/aromatic N) is 4. The fourth-order valence-corrected chi connectivity index (χ4v) is 4.97. The maximum atomic E-state index is 12.8. The number of fused-ring (bicyclic) bond motifs is 1. The highest BCUT2D eigenvalue weighted by Crippen LogP contribution is 2.39. The predicted molar refractivity (Wildman–Crippen MR) is 118 cm³/mol. The summed E-state index contributed by atoms with van der Waals surface area (Å²) in [6, 6.07) is 14.3. The van der Waals surface area contributed by atoms with Gasteiger partial charge in [-0.15, -0.1) is 21.5 Å². The predicted octanol–water partition coefficient (Wildman–Crippen LogP) is 6.59. The van der Waals surface area contributed by atoms with Crippen molar-refractivity contribution in [3.63, 3.8) is 0 Å². The van der Waals surface area contributed by atoms with E-state index >= 15 is 0 Å². The van der Waals surface area contributed by atoms with Crippen molar-refractivity contribution in [1.82, 2.24) is 20.2 Å². The van der Waals surface area contributed by atoms with Crippen LogP contribution in [0, 0.1) is 0 Å². The quantitative estimate of drug-likeness (QED) is 0.260. The lowest BCUT2D eigenvalue weighted by molar-refractivity contribution is -0.137. The van der Waals surface area contributed by atoms with Crippen molar-refractivity contribution in [1.29, 1.82) is 0 Å². The molecular weight excluding hydrogens is 473 g/mol. The molecule has 33 heavy (non-hydrogen) atoms. The maximum Gasteiger partial charge on any atom is 0.416 e. The number of methoxy groups -OCH3 is 1. The molecule has 0 spiro atoms. The lowest BCUT2D eigenvalue weighted by Gasteiger charge is -2.05. The lowest BCUT2D eigenvalue weighted by atomic mass is 10.1. The Morgan fingerprint density at radius 2 is 1.67 bits per heavy atom. The van der Waals surface area contributed by atoms with Crippen molar-refractivity contribution in [2.45, 2.75) is 16.4 Å². The van der Waals surface area contributed by atoms with Crippen molar-refractivity contribution in [3.8, 4) is 27.6 Å². The van der Waals surface area contributed by atoms with Crippen molar-refractivity contribution >= 4 is 33.3 Å². The van der Waals surface area contributed by atoms with Crippen LogP contribution in [0.3, 0.4) is 0 Å². The van der Waals surface area contributed by atoms with Gasteiger partial charge in [-0.2, -0.15) is 13.2 Å². The Morgan fingerprint density at radius 1 is 0.939 bits per heavy atom. The summed E-state index contributed by atoms with van der Waals surface area (Å²) in [7, 11) is 1.62. The van der Waals surface area contributed by atoms with Crippen LogP contribution in [0.1, 0.15) is 5.56 Å². The van der Waals surface area contributed by atoms with E-state index in [0.29, 0.717) is 10.6 Å². The first-order valence-corrected chi connectivity index (χ1v) is 11.1. The Morgan fingerprint density at radius 3 is 2.36 bits per heavy atom. The molecule has 0 amide bonds. The number of aromatic nitrogens is 4. The van der Waals surface area contributed by atoms with E-state index in [2.05, 4.69) is 20.2 Å². The van der Waals surface area contributed by atoms with Gasteiger partial charge in [0.2, 0.25) is 5.89 Å². The zero-order chi connectivity index (χ0) is 23.0. The lowest BCUT2D eigenvalue weighted by Crippen LogP contribution is -2.03. The maximum absolute atomic E-state index is 12.8. The van der Waals surface area contributed by atoms with Crippen molar-refractivity contribution < 1.29 is 22.3 Å². The SMILES string of the molecule is COc1ccc(-c2cc3ncnc(Sc4nnc(-c5ccc(C(F)(F)F)cc5)o4)c3s2)cc1. The topological polar surface area (TPSA) is 73.9 Å². The van der Waals surface area contributed by atoms with E-state index in [1.165, 1.54) is 41.6 Å². The Bertz CT molecular complexity index is 1410. The first-order chi connectivity index (χ1) is 15.9. The van der Waals surface area contributed by atoms with E-state index in [9.17, 15) is 13.2 Å². The number of ether oxygens (including phenoxy) is 1. The van der Waals surface area contributed by atoms with Gasteiger partial charge >= 0.3 is 6.18 Å². The van der Waals surface area contributed by atoms with Crippen LogP contribution < -0.4 is 4.74 Å². The summed E-state index contributed by atoms with van der Waals surface area (Å²) in [5.74, 6) is 0.901. The van der Waals surface area contributed by atoms with Gasteiger partial charge in [-0.3, -0.25) is 0 Å². The number of thiophene rings is 1. The summed E-state index contributed by atoms with van der Waals surface area (Å²) in [5, 5.41) is 8.83. The van der Waals surface area contributed by atoms with Gasteiger partial charge in [-0.05, 0) is 71.9 Å². The molecule has 0 saturated heterocycles. The summed E-state index contributed by atoms with van der Waals surface area (Å²) in [4.78, 5) is 9.71. The minimum absolute atomic E-state index is 0.127. The Labute approximate surface area is 193 Å². The first kappa shape index (κ1) is 21.4. The second-order valence-electron chi connectivity index (χ2n) is 6.78. The average Bonchev–Trinajstić information content (AvgIpc) is 3.46. The standard InChI is InChI=1S/C22H13F3N4O2S2/c1-30-15-8-4-12(5-9-15)17-10-16-18(32-17)20(27-11-26-16)33-21-29-28-19(31-21)13-2-6-14(7-3-13)22(23,24)25/h2-11H,1H3. The minimum atomic E-state index is -4.40. The molecule has 3 heterocycles. The molecule has 0 saturated carbocycles. The largest absolute Gasteiger partial charge is 0.497 e. The second kappa shape index (κ2) is 8.49. The molecule has 0 atom stereocenters.